The molecule has 14 heavy (non-hydrogen) atoms. The van der Waals surface area contributed by atoms with E-state index in [1.807, 2.05) is 4.90 Å². The van der Waals surface area contributed by atoms with Gasteiger partial charge in [0.25, 0.3) is 0 Å². The molecule has 0 aliphatic carbocycles. The lowest BCUT2D eigenvalue weighted by Crippen LogP contribution is -2.45. The van der Waals surface area contributed by atoms with Gasteiger partial charge in [-0.1, -0.05) is 6.42 Å². The molecule has 1 aliphatic heterocycles. The van der Waals surface area contributed by atoms with Crippen molar-refractivity contribution >= 4 is 5.97 Å². The van der Waals surface area contributed by atoms with Crippen LogP contribution in [0.3, 0.4) is 0 Å². The first-order valence-corrected chi connectivity index (χ1v) is 5.33. The third-order valence-electron chi connectivity index (χ3n) is 2.75. The maximum Gasteiger partial charge on any atom is 0.320 e. The van der Waals surface area contributed by atoms with Crippen LogP contribution in [0.4, 0.5) is 0 Å². The van der Waals surface area contributed by atoms with Gasteiger partial charge in [-0.3, -0.25) is 9.69 Å². The van der Waals surface area contributed by atoms with Crippen LogP contribution < -0.4 is 0 Å². The van der Waals surface area contributed by atoms with E-state index in [1.54, 1.807) is 0 Å². The summed E-state index contributed by atoms with van der Waals surface area (Å²) in [5.41, 5.74) is 0. The Morgan fingerprint density at radius 2 is 2.14 bits per heavy atom. The van der Waals surface area contributed by atoms with Gasteiger partial charge in [-0.2, -0.15) is 0 Å². The van der Waals surface area contributed by atoms with E-state index in [2.05, 4.69) is 0 Å². The fraction of sp³-hybridized carbons (Fsp3) is 0.900. The second-order valence-corrected chi connectivity index (χ2v) is 3.82. The molecule has 0 radical (unpaired) electrons. The Morgan fingerprint density at radius 3 is 2.79 bits per heavy atom. The number of hydrogen-bond donors (Lipinski definition) is 2. The lowest BCUT2D eigenvalue weighted by molar-refractivity contribution is -0.144. The summed E-state index contributed by atoms with van der Waals surface area (Å²) in [7, 11) is 0. The topological polar surface area (TPSA) is 60.8 Å². The average Bonchev–Trinajstić information content (AvgIpc) is 2.19. The van der Waals surface area contributed by atoms with E-state index in [0.29, 0.717) is 0 Å². The standard InChI is InChI=1S/C10H19NO3/c12-8-4-3-7-11-6-2-1-5-9(11)10(13)14/h9,12H,1-8H2,(H,13,14). The van der Waals surface area contributed by atoms with Crippen molar-refractivity contribution in [3.8, 4) is 0 Å². The Balaban J connectivity index is 2.34. The van der Waals surface area contributed by atoms with Crippen molar-refractivity contribution in [3.63, 3.8) is 0 Å². The summed E-state index contributed by atoms with van der Waals surface area (Å²) in [4.78, 5) is 12.9. The van der Waals surface area contributed by atoms with E-state index in [1.165, 1.54) is 0 Å². The molecule has 1 saturated heterocycles. The van der Waals surface area contributed by atoms with Gasteiger partial charge < -0.3 is 10.2 Å². The minimum Gasteiger partial charge on any atom is -0.480 e. The first-order chi connectivity index (χ1) is 6.75. The third kappa shape index (κ3) is 3.27. The van der Waals surface area contributed by atoms with Crippen molar-refractivity contribution in [1.82, 2.24) is 4.90 Å². The molecule has 0 bridgehead atoms. The van der Waals surface area contributed by atoms with E-state index in [9.17, 15) is 4.79 Å². The molecule has 4 nitrogen and oxygen atoms in total. The molecular formula is C10H19NO3. The summed E-state index contributed by atoms with van der Waals surface area (Å²) in [6.45, 7) is 1.89. The zero-order valence-electron chi connectivity index (χ0n) is 8.48. The van der Waals surface area contributed by atoms with Crippen molar-refractivity contribution in [3.05, 3.63) is 0 Å². The monoisotopic (exact) mass is 201 g/mol. The van der Waals surface area contributed by atoms with Crippen molar-refractivity contribution in [2.75, 3.05) is 19.7 Å². The van der Waals surface area contributed by atoms with Crippen LogP contribution in [0.15, 0.2) is 0 Å². The van der Waals surface area contributed by atoms with Crippen LogP contribution >= 0.6 is 0 Å². The van der Waals surface area contributed by atoms with E-state index in [-0.39, 0.29) is 12.6 Å². The van der Waals surface area contributed by atoms with Crippen molar-refractivity contribution in [2.45, 2.75) is 38.1 Å². The summed E-state index contributed by atoms with van der Waals surface area (Å²) < 4.78 is 0. The number of likely N-dealkylation sites (tertiary alicyclic amines) is 1. The summed E-state index contributed by atoms with van der Waals surface area (Å²) in [6, 6.07) is -0.289. The van der Waals surface area contributed by atoms with Gasteiger partial charge in [0.1, 0.15) is 6.04 Å². The smallest absolute Gasteiger partial charge is 0.320 e. The van der Waals surface area contributed by atoms with Crippen LogP contribution in [0, 0.1) is 0 Å². The highest BCUT2D eigenvalue weighted by atomic mass is 16.4. The number of hydrogen-bond acceptors (Lipinski definition) is 3. The number of carbonyl (C=O) groups is 1. The Bertz CT molecular complexity index is 184. The van der Waals surface area contributed by atoms with Gasteiger partial charge in [0.15, 0.2) is 0 Å². The Hall–Kier alpha value is -0.610. The van der Waals surface area contributed by atoms with Gasteiger partial charge in [-0.15, -0.1) is 0 Å². The molecule has 0 saturated carbocycles. The normalized spacial score (nSPS) is 23.6. The van der Waals surface area contributed by atoms with Crippen LogP contribution in [0.5, 0.6) is 0 Å². The number of rotatable bonds is 5. The number of unbranched alkanes of at least 4 members (excludes halogenated alkanes) is 1. The van der Waals surface area contributed by atoms with Crippen molar-refractivity contribution < 1.29 is 15.0 Å². The number of carboxylic acid groups (broad SMARTS) is 1. The fourth-order valence-corrected chi connectivity index (χ4v) is 1.96. The number of piperidine rings is 1. The molecular weight excluding hydrogens is 182 g/mol. The zero-order chi connectivity index (χ0) is 10.4. The lowest BCUT2D eigenvalue weighted by Gasteiger charge is -2.32. The van der Waals surface area contributed by atoms with Crippen LogP contribution in [0.2, 0.25) is 0 Å². The van der Waals surface area contributed by atoms with Gasteiger partial charge in [-0.25, -0.2) is 0 Å². The summed E-state index contributed by atoms with van der Waals surface area (Å²) in [6.07, 6.45) is 4.55. The highest BCUT2D eigenvalue weighted by molar-refractivity contribution is 5.73. The van der Waals surface area contributed by atoms with E-state index in [0.717, 1.165) is 45.2 Å². The molecule has 4 heteroatoms. The van der Waals surface area contributed by atoms with Crippen molar-refractivity contribution in [1.29, 1.82) is 0 Å². The number of nitrogens with zero attached hydrogens (tertiary/aromatic N) is 1. The van der Waals surface area contributed by atoms with Crippen LogP contribution in [-0.2, 0) is 4.79 Å². The minimum atomic E-state index is -0.700. The van der Waals surface area contributed by atoms with E-state index in [4.69, 9.17) is 10.2 Å². The molecule has 1 rings (SSSR count). The average molecular weight is 201 g/mol. The summed E-state index contributed by atoms with van der Waals surface area (Å²) in [5.74, 6) is -0.700. The molecule has 1 aliphatic rings. The molecule has 0 amide bonds. The van der Waals surface area contributed by atoms with Gasteiger partial charge in [0.2, 0.25) is 0 Å². The maximum absolute atomic E-state index is 10.9. The Labute approximate surface area is 84.5 Å². The van der Waals surface area contributed by atoms with E-state index < -0.39 is 5.97 Å². The lowest BCUT2D eigenvalue weighted by atomic mass is 10.0. The predicted molar refractivity (Wildman–Crippen MR) is 53.2 cm³/mol. The summed E-state index contributed by atoms with van der Waals surface area (Å²) >= 11 is 0. The first kappa shape index (κ1) is 11.5. The first-order valence-electron chi connectivity index (χ1n) is 5.33. The molecule has 0 aromatic heterocycles. The highest BCUT2D eigenvalue weighted by Crippen LogP contribution is 2.17. The predicted octanol–water partition coefficient (Wildman–Crippen LogP) is 0.698. The van der Waals surface area contributed by atoms with Crippen LogP contribution in [-0.4, -0.2) is 46.8 Å². The molecule has 1 atom stereocenters. The summed E-state index contributed by atoms with van der Waals surface area (Å²) in [5, 5.41) is 17.6. The third-order valence-corrected chi connectivity index (χ3v) is 2.75. The van der Waals surface area contributed by atoms with Gasteiger partial charge in [0.05, 0.1) is 0 Å². The highest BCUT2D eigenvalue weighted by Gasteiger charge is 2.27. The molecule has 1 heterocycles. The van der Waals surface area contributed by atoms with Gasteiger partial charge >= 0.3 is 5.97 Å². The molecule has 0 aromatic rings. The fourth-order valence-electron chi connectivity index (χ4n) is 1.96. The number of aliphatic carboxylic acids is 1. The Morgan fingerprint density at radius 1 is 1.36 bits per heavy atom. The van der Waals surface area contributed by atoms with Gasteiger partial charge in [-0.05, 0) is 38.8 Å². The van der Waals surface area contributed by atoms with Crippen molar-refractivity contribution in [2.24, 2.45) is 0 Å². The molecule has 0 aromatic carbocycles. The second-order valence-electron chi connectivity index (χ2n) is 3.82. The largest absolute Gasteiger partial charge is 0.480 e. The van der Waals surface area contributed by atoms with E-state index >= 15 is 0 Å². The quantitative estimate of drug-likeness (QED) is 0.643. The second kappa shape index (κ2) is 5.98. The molecule has 2 N–H and O–H groups in total. The molecule has 1 unspecified atom stereocenters. The van der Waals surface area contributed by atoms with Gasteiger partial charge in [0, 0.05) is 6.61 Å². The Kier molecular flexibility index (Phi) is 4.90. The number of aliphatic hydroxyl groups excluding tert-OH is 1. The maximum atomic E-state index is 10.9. The molecule has 1 fully saturated rings. The zero-order valence-corrected chi connectivity index (χ0v) is 8.48. The molecule has 0 spiro atoms. The van der Waals surface area contributed by atoms with Crippen LogP contribution in [0.25, 0.3) is 0 Å². The van der Waals surface area contributed by atoms with Crippen LogP contribution in [0.1, 0.15) is 32.1 Å². The minimum absolute atomic E-state index is 0.200. The SMILES string of the molecule is O=C(O)C1CCCCN1CCCCO. The number of aliphatic hydroxyl groups is 1. The number of carboxylic acids is 1. The molecule has 82 valence electrons.